The van der Waals surface area contributed by atoms with Crippen LogP contribution in [0.1, 0.15) is 54.0 Å². The van der Waals surface area contributed by atoms with E-state index < -0.39 is 0 Å². The molecule has 1 fully saturated rings. The molecule has 3 heteroatoms. The molecule has 2 nitrogen and oxygen atoms in total. The van der Waals surface area contributed by atoms with Crippen molar-refractivity contribution in [2.24, 2.45) is 5.73 Å². The highest BCUT2D eigenvalue weighted by Gasteiger charge is 2.28. The number of fused-ring (bicyclic) bond motifs is 1. The largest absolute Gasteiger partial charge is 0.485 e. The average molecular weight is 344 g/mol. The van der Waals surface area contributed by atoms with Gasteiger partial charge in [-0.3, -0.25) is 0 Å². The van der Waals surface area contributed by atoms with Crippen LogP contribution in [0.3, 0.4) is 0 Å². The molecular formula is C18H18BrNO. The summed E-state index contributed by atoms with van der Waals surface area (Å²) >= 11 is 3.49. The third-order valence-electron chi connectivity index (χ3n) is 4.47. The molecule has 108 valence electrons. The number of benzene rings is 2. The second-order valence-electron chi connectivity index (χ2n) is 6.07. The van der Waals surface area contributed by atoms with Crippen molar-refractivity contribution < 1.29 is 4.74 Å². The molecule has 2 atom stereocenters. The highest BCUT2D eigenvalue weighted by molar-refractivity contribution is 9.10. The van der Waals surface area contributed by atoms with Crippen molar-refractivity contribution in [3.05, 3.63) is 63.6 Å². The molecule has 1 aliphatic heterocycles. The Kier molecular flexibility index (Phi) is 3.27. The summed E-state index contributed by atoms with van der Waals surface area (Å²) in [6, 6.07) is 15.0. The normalized spacial score (nSPS) is 24.3. The SMILES string of the molecule is N[C@@H]1CC(c2ccc(C3CC3)cc2)Oc2ccc(Br)cc21. The molecule has 0 saturated heterocycles. The van der Waals surface area contributed by atoms with Crippen LogP contribution in [-0.4, -0.2) is 0 Å². The molecule has 0 amide bonds. The van der Waals surface area contributed by atoms with E-state index in [1.165, 1.54) is 24.0 Å². The Morgan fingerprint density at radius 2 is 1.71 bits per heavy atom. The second-order valence-corrected chi connectivity index (χ2v) is 6.99. The van der Waals surface area contributed by atoms with Gasteiger partial charge in [0.25, 0.3) is 0 Å². The predicted molar refractivity (Wildman–Crippen MR) is 87.5 cm³/mol. The zero-order valence-electron chi connectivity index (χ0n) is 11.8. The Morgan fingerprint density at radius 1 is 1.00 bits per heavy atom. The van der Waals surface area contributed by atoms with Gasteiger partial charge < -0.3 is 10.5 Å². The quantitative estimate of drug-likeness (QED) is 0.845. The van der Waals surface area contributed by atoms with Crippen LogP contribution >= 0.6 is 15.9 Å². The van der Waals surface area contributed by atoms with Gasteiger partial charge in [0.05, 0.1) is 0 Å². The van der Waals surface area contributed by atoms with Crippen molar-refractivity contribution in [1.82, 2.24) is 0 Å². The number of halogens is 1. The third-order valence-corrected chi connectivity index (χ3v) is 4.96. The van der Waals surface area contributed by atoms with E-state index in [1.807, 2.05) is 12.1 Å². The molecule has 21 heavy (non-hydrogen) atoms. The highest BCUT2D eigenvalue weighted by Crippen LogP contribution is 2.43. The zero-order chi connectivity index (χ0) is 14.4. The topological polar surface area (TPSA) is 35.2 Å². The van der Waals surface area contributed by atoms with E-state index in [9.17, 15) is 0 Å². The second kappa shape index (κ2) is 5.15. The van der Waals surface area contributed by atoms with Crippen LogP contribution in [0.5, 0.6) is 5.75 Å². The standard InChI is InChI=1S/C18H18BrNO/c19-14-7-8-17-15(9-14)16(20)10-18(21-17)13-5-3-12(4-6-13)11-1-2-11/h3-9,11,16,18H,1-2,10,20H2/t16-,18?/m1/s1. The Labute approximate surface area is 133 Å². The fourth-order valence-electron chi connectivity index (χ4n) is 3.08. The minimum Gasteiger partial charge on any atom is -0.485 e. The van der Waals surface area contributed by atoms with Crippen LogP contribution in [0.2, 0.25) is 0 Å². The maximum atomic E-state index is 6.33. The molecule has 0 aromatic heterocycles. The molecule has 2 aromatic rings. The number of nitrogens with two attached hydrogens (primary N) is 1. The molecular weight excluding hydrogens is 326 g/mol. The number of hydrogen-bond donors (Lipinski definition) is 1. The first-order chi connectivity index (χ1) is 10.2. The maximum Gasteiger partial charge on any atom is 0.126 e. The molecule has 2 N–H and O–H groups in total. The van der Waals surface area contributed by atoms with Crippen LogP contribution in [0.15, 0.2) is 46.9 Å². The van der Waals surface area contributed by atoms with Crippen molar-refractivity contribution in [3.8, 4) is 5.75 Å². The van der Waals surface area contributed by atoms with E-state index in [0.29, 0.717) is 0 Å². The van der Waals surface area contributed by atoms with Crippen LogP contribution in [0, 0.1) is 0 Å². The molecule has 0 radical (unpaired) electrons. The van der Waals surface area contributed by atoms with Crippen molar-refractivity contribution in [2.75, 3.05) is 0 Å². The summed E-state index contributed by atoms with van der Waals surface area (Å²) in [5.41, 5.74) is 10.1. The van der Waals surface area contributed by atoms with E-state index in [-0.39, 0.29) is 12.1 Å². The lowest BCUT2D eigenvalue weighted by atomic mass is 9.93. The number of rotatable bonds is 2. The fourth-order valence-corrected chi connectivity index (χ4v) is 3.46. The monoisotopic (exact) mass is 343 g/mol. The van der Waals surface area contributed by atoms with Crippen LogP contribution < -0.4 is 10.5 Å². The molecule has 1 heterocycles. The average Bonchev–Trinajstić information content (AvgIpc) is 3.33. The lowest BCUT2D eigenvalue weighted by molar-refractivity contribution is 0.161. The van der Waals surface area contributed by atoms with Gasteiger partial charge in [-0.15, -0.1) is 0 Å². The molecule has 0 bridgehead atoms. The molecule has 1 unspecified atom stereocenters. The van der Waals surface area contributed by atoms with E-state index in [2.05, 4.69) is 46.3 Å². The zero-order valence-corrected chi connectivity index (χ0v) is 13.3. The van der Waals surface area contributed by atoms with Gasteiger partial charge in [-0.1, -0.05) is 40.2 Å². The van der Waals surface area contributed by atoms with Gasteiger partial charge in [-0.05, 0) is 48.1 Å². The molecule has 2 aliphatic rings. The molecule has 0 spiro atoms. The molecule has 1 aliphatic carbocycles. The minimum absolute atomic E-state index is 0.0272. The summed E-state index contributed by atoms with van der Waals surface area (Å²) in [7, 11) is 0. The summed E-state index contributed by atoms with van der Waals surface area (Å²) in [6.07, 6.45) is 3.56. The van der Waals surface area contributed by atoms with Crippen LogP contribution in [0.4, 0.5) is 0 Å². The van der Waals surface area contributed by atoms with Gasteiger partial charge in [-0.25, -0.2) is 0 Å². The Balaban J connectivity index is 1.60. The minimum atomic E-state index is 0.0272. The lowest BCUT2D eigenvalue weighted by Crippen LogP contribution is -2.24. The van der Waals surface area contributed by atoms with Crippen LogP contribution in [-0.2, 0) is 0 Å². The van der Waals surface area contributed by atoms with Crippen LogP contribution in [0.25, 0.3) is 0 Å². The first-order valence-electron chi connectivity index (χ1n) is 7.52. The van der Waals surface area contributed by atoms with E-state index in [4.69, 9.17) is 10.5 Å². The van der Waals surface area contributed by atoms with Crippen molar-refractivity contribution >= 4 is 15.9 Å². The summed E-state index contributed by atoms with van der Waals surface area (Å²) in [5.74, 6) is 1.71. The van der Waals surface area contributed by atoms with Gasteiger partial charge in [0.2, 0.25) is 0 Å². The fraction of sp³-hybridized carbons (Fsp3) is 0.333. The smallest absolute Gasteiger partial charge is 0.126 e. The van der Waals surface area contributed by atoms with Gasteiger partial charge in [0.1, 0.15) is 11.9 Å². The van der Waals surface area contributed by atoms with Crippen molar-refractivity contribution in [3.63, 3.8) is 0 Å². The Morgan fingerprint density at radius 3 is 2.43 bits per heavy atom. The first kappa shape index (κ1) is 13.4. The van der Waals surface area contributed by atoms with E-state index in [1.54, 1.807) is 0 Å². The lowest BCUT2D eigenvalue weighted by Gasteiger charge is -2.30. The van der Waals surface area contributed by atoms with E-state index in [0.717, 1.165) is 28.1 Å². The number of hydrogen-bond acceptors (Lipinski definition) is 2. The van der Waals surface area contributed by atoms with Gasteiger partial charge in [0.15, 0.2) is 0 Å². The predicted octanol–water partition coefficient (Wildman–Crippen LogP) is 4.85. The van der Waals surface area contributed by atoms with Gasteiger partial charge >= 0.3 is 0 Å². The Hall–Kier alpha value is -1.32. The maximum absolute atomic E-state index is 6.33. The Bertz CT molecular complexity index is 663. The van der Waals surface area contributed by atoms with E-state index >= 15 is 0 Å². The molecule has 2 aromatic carbocycles. The number of ether oxygens (including phenoxy) is 1. The molecule has 4 rings (SSSR count). The highest BCUT2D eigenvalue weighted by atomic mass is 79.9. The van der Waals surface area contributed by atoms with Crippen molar-refractivity contribution in [1.29, 1.82) is 0 Å². The van der Waals surface area contributed by atoms with Gasteiger partial charge in [-0.2, -0.15) is 0 Å². The first-order valence-corrected chi connectivity index (χ1v) is 8.31. The third kappa shape index (κ3) is 2.60. The summed E-state index contributed by atoms with van der Waals surface area (Å²) in [6.45, 7) is 0. The van der Waals surface area contributed by atoms with Gasteiger partial charge in [0, 0.05) is 22.5 Å². The summed E-state index contributed by atoms with van der Waals surface area (Å²) in [4.78, 5) is 0. The molecule has 1 saturated carbocycles. The van der Waals surface area contributed by atoms with Crippen molar-refractivity contribution in [2.45, 2.75) is 37.3 Å². The summed E-state index contributed by atoms with van der Waals surface area (Å²) in [5, 5.41) is 0. The summed E-state index contributed by atoms with van der Waals surface area (Å²) < 4.78 is 7.21.